The van der Waals surface area contributed by atoms with Crippen molar-refractivity contribution in [3.8, 4) is 28.7 Å². The largest absolute Gasteiger partial charge is 0.497 e. The van der Waals surface area contributed by atoms with Gasteiger partial charge in [-0.1, -0.05) is 12.1 Å². The fraction of sp³-hybridized carbons (Fsp3) is 0.154. The molecule has 168 valence electrons. The van der Waals surface area contributed by atoms with Gasteiger partial charge in [-0.2, -0.15) is 0 Å². The summed E-state index contributed by atoms with van der Waals surface area (Å²) in [4.78, 5) is 25.5. The molecule has 0 amide bonds. The zero-order chi connectivity index (χ0) is 23.5. The second kappa shape index (κ2) is 9.08. The van der Waals surface area contributed by atoms with Crippen LogP contribution in [0, 0.1) is 6.92 Å². The molecule has 0 unspecified atom stereocenters. The second-order valence-electron chi connectivity index (χ2n) is 7.24. The van der Waals surface area contributed by atoms with E-state index in [0.717, 1.165) is 11.3 Å². The number of allylic oxidation sites excluding steroid dienone is 1. The highest BCUT2D eigenvalue weighted by molar-refractivity contribution is 6.15. The van der Waals surface area contributed by atoms with Crippen LogP contribution >= 0.6 is 0 Å². The Morgan fingerprint density at radius 3 is 2.21 bits per heavy atom. The third-order valence-electron chi connectivity index (χ3n) is 5.27. The smallest absolute Gasteiger partial charge is 0.343 e. The van der Waals surface area contributed by atoms with E-state index in [0.29, 0.717) is 39.7 Å². The summed E-state index contributed by atoms with van der Waals surface area (Å²) in [5.41, 5.74) is 2.06. The molecule has 0 N–H and O–H groups in total. The number of Topliss-reactive ketones (excluding diaryl/α,β-unsaturated/α-hetero) is 1. The lowest BCUT2D eigenvalue weighted by molar-refractivity contribution is 0.0732. The average molecular weight is 446 g/mol. The van der Waals surface area contributed by atoms with Crippen molar-refractivity contribution in [1.82, 2.24) is 0 Å². The lowest BCUT2D eigenvalue weighted by Gasteiger charge is -2.12. The van der Waals surface area contributed by atoms with Crippen LogP contribution in [0.1, 0.15) is 31.8 Å². The molecule has 3 aromatic carbocycles. The van der Waals surface area contributed by atoms with E-state index in [1.807, 2.05) is 12.1 Å². The number of ether oxygens (including phenoxy) is 5. The van der Waals surface area contributed by atoms with Crippen LogP contribution in [0.4, 0.5) is 0 Å². The van der Waals surface area contributed by atoms with Gasteiger partial charge in [-0.05, 0) is 61.0 Å². The molecule has 0 saturated heterocycles. The number of rotatable bonds is 6. The van der Waals surface area contributed by atoms with Gasteiger partial charge in [0, 0.05) is 5.56 Å². The third-order valence-corrected chi connectivity index (χ3v) is 5.27. The van der Waals surface area contributed by atoms with Crippen molar-refractivity contribution in [3.05, 3.63) is 82.6 Å². The summed E-state index contributed by atoms with van der Waals surface area (Å²) in [6.07, 6.45) is 1.66. The predicted octanol–water partition coefficient (Wildman–Crippen LogP) is 4.86. The van der Waals surface area contributed by atoms with E-state index < -0.39 is 5.97 Å². The van der Waals surface area contributed by atoms with Crippen molar-refractivity contribution in [2.24, 2.45) is 0 Å². The molecule has 0 fully saturated rings. The number of ketones is 1. The molecule has 0 aromatic heterocycles. The molecule has 4 rings (SSSR count). The molecule has 7 heteroatoms. The summed E-state index contributed by atoms with van der Waals surface area (Å²) in [7, 11) is 4.59. The average Bonchev–Trinajstić information content (AvgIpc) is 3.16. The third kappa shape index (κ3) is 4.25. The molecule has 0 spiro atoms. The lowest BCUT2D eigenvalue weighted by atomic mass is 10.1. The maximum atomic E-state index is 12.8. The van der Waals surface area contributed by atoms with E-state index >= 15 is 0 Å². The monoisotopic (exact) mass is 446 g/mol. The Bertz CT molecular complexity index is 1260. The molecular formula is C26H22O7. The van der Waals surface area contributed by atoms with Gasteiger partial charge < -0.3 is 23.7 Å². The van der Waals surface area contributed by atoms with E-state index in [-0.39, 0.29) is 11.5 Å². The highest BCUT2D eigenvalue weighted by Gasteiger charge is 2.30. The number of esters is 1. The van der Waals surface area contributed by atoms with Gasteiger partial charge in [0.15, 0.2) is 17.3 Å². The quantitative estimate of drug-likeness (QED) is 0.304. The maximum Gasteiger partial charge on any atom is 0.343 e. The van der Waals surface area contributed by atoms with Gasteiger partial charge >= 0.3 is 5.97 Å². The fourth-order valence-electron chi connectivity index (χ4n) is 3.45. The maximum absolute atomic E-state index is 12.8. The van der Waals surface area contributed by atoms with E-state index in [9.17, 15) is 9.59 Å². The Morgan fingerprint density at radius 2 is 1.55 bits per heavy atom. The van der Waals surface area contributed by atoms with Gasteiger partial charge in [0.05, 0.1) is 32.5 Å². The van der Waals surface area contributed by atoms with Crippen LogP contribution in [0.3, 0.4) is 0 Å². The number of benzene rings is 3. The van der Waals surface area contributed by atoms with E-state index in [1.165, 1.54) is 14.2 Å². The van der Waals surface area contributed by atoms with Gasteiger partial charge in [-0.3, -0.25) is 4.79 Å². The van der Waals surface area contributed by atoms with E-state index in [1.54, 1.807) is 62.6 Å². The SMILES string of the molecule is COc1ccc(/C=C2\Oc3c(ccc(OC(=O)c4ccc(OC)c(OC)c4)c3C)C2=O)cc1. The molecule has 0 atom stereocenters. The van der Waals surface area contributed by atoms with Crippen molar-refractivity contribution < 1.29 is 33.3 Å². The summed E-state index contributed by atoms with van der Waals surface area (Å²) in [5.74, 6) is 1.70. The summed E-state index contributed by atoms with van der Waals surface area (Å²) in [6.45, 7) is 1.74. The Labute approximate surface area is 191 Å². The standard InChI is InChI=1S/C26H22O7/c1-15-20(33-26(28)17-7-11-21(30-3)22(14-17)31-4)12-10-19-24(27)23(32-25(15)19)13-16-5-8-18(29-2)9-6-16/h5-14H,1-4H3/b23-13-. The zero-order valence-electron chi connectivity index (χ0n) is 18.6. The number of hydrogen-bond donors (Lipinski definition) is 0. The van der Waals surface area contributed by atoms with Gasteiger partial charge in [0.25, 0.3) is 0 Å². The van der Waals surface area contributed by atoms with Crippen LogP contribution in [0.15, 0.2) is 60.4 Å². The molecule has 1 aliphatic rings. The first-order valence-electron chi connectivity index (χ1n) is 10.1. The highest BCUT2D eigenvalue weighted by atomic mass is 16.5. The minimum atomic E-state index is -0.572. The Morgan fingerprint density at radius 1 is 0.848 bits per heavy atom. The van der Waals surface area contributed by atoms with Crippen LogP contribution in [-0.2, 0) is 0 Å². The van der Waals surface area contributed by atoms with Crippen molar-refractivity contribution >= 4 is 17.8 Å². The van der Waals surface area contributed by atoms with Crippen molar-refractivity contribution in [2.45, 2.75) is 6.92 Å². The molecule has 3 aromatic rings. The van der Waals surface area contributed by atoms with E-state index in [4.69, 9.17) is 23.7 Å². The van der Waals surface area contributed by atoms with Crippen LogP contribution in [0.5, 0.6) is 28.7 Å². The molecule has 33 heavy (non-hydrogen) atoms. The topological polar surface area (TPSA) is 80.3 Å². The first-order valence-corrected chi connectivity index (χ1v) is 10.1. The Hall–Kier alpha value is -4.26. The molecule has 0 aliphatic carbocycles. The highest BCUT2D eigenvalue weighted by Crippen LogP contribution is 2.39. The molecule has 0 radical (unpaired) electrons. The first-order chi connectivity index (χ1) is 15.9. The van der Waals surface area contributed by atoms with Gasteiger partial charge in [-0.25, -0.2) is 4.79 Å². The van der Waals surface area contributed by atoms with Crippen LogP contribution < -0.4 is 23.7 Å². The second-order valence-corrected chi connectivity index (χ2v) is 7.24. The van der Waals surface area contributed by atoms with E-state index in [2.05, 4.69) is 0 Å². The van der Waals surface area contributed by atoms with Crippen LogP contribution in [0.2, 0.25) is 0 Å². The predicted molar refractivity (Wildman–Crippen MR) is 122 cm³/mol. The number of carbonyl (C=O) groups excluding carboxylic acids is 2. The molecule has 1 heterocycles. The fourth-order valence-corrected chi connectivity index (χ4v) is 3.45. The van der Waals surface area contributed by atoms with Crippen molar-refractivity contribution in [3.63, 3.8) is 0 Å². The lowest BCUT2D eigenvalue weighted by Crippen LogP contribution is -2.10. The van der Waals surface area contributed by atoms with Gasteiger partial charge in [-0.15, -0.1) is 0 Å². The Kier molecular flexibility index (Phi) is 6.04. The molecule has 0 saturated carbocycles. The summed E-state index contributed by atoms with van der Waals surface area (Å²) < 4.78 is 27.0. The Balaban J connectivity index is 1.57. The molecular weight excluding hydrogens is 424 g/mol. The van der Waals surface area contributed by atoms with Gasteiger partial charge in [0.2, 0.25) is 5.78 Å². The number of methoxy groups -OCH3 is 3. The molecule has 0 bridgehead atoms. The minimum absolute atomic E-state index is 0.196. The first kappa shape index (κ1) is 22.0. The van der Waals surface area contributed by atoms with Crippen molar-refractivity contribution in [1.29, 1.82) is 0 Å². The van der Waals surface area contributed by atoms with Crippen LogP contribution in [0.25, 0.3) is 6.08 Å². The summed E-state index contributed by atoms with van der Waals surface area (Å²) in [5, 5.41) is 0. The molecule has 1 aliphatic heterocycles. The van der Waals surface area contributed by atoms with Gasteiger partial charge in [0.1, 0.15) is 17.2 Å². The summed E-state index contributed by atoms with van der Waals surface area (Å²) >= 11 is 0. The number of carbonyl (C=O) groups is 2. The normalized spacial score (nSPS) is 13.3. The number of fused-ring (bicyclic) bond motifs is 1. The van der Waals surface area contributed by atoms with Crippen LogP contribution in [-0.4, -0.2) is 33.1 Å². The number of hydrogen-bond acceptors (Lipinski definition) is 7. The minimum Gasteiger partial charge on any atom is -0.497 e. The summed E-state index contributed by atoms with van der Waals surface area (Å²) in [6, 6.07) is 15.2. The molecule has 7 nitrogen and oxygen atoms in total. The zero-order valence-corrected chi connectivity index (χ0v) is 18.6. The van der Waals surface area contributed by atoms with Crippen molar-refractivity contribution in [2.75, 3.05) is 21.3 Å².